The molecule has 9 heteroatoms. The Hall–Kier alpha value is -3.88. The molecule has 36 heavy (non-hydrogen) atoms. The molecule has 0 aliphatic heterocycles. The normalized spacial score (nSPS) is 10.7. The number of likely N-dealkylation sites (N-methyl/N-ethyl adjacent to an activating group) is 1. The van der Waals surface area contributed by atoms with E-state index in [4.69, 9.17) is 11.6 Å². The molecule has 0 spiro atoms. The maximum absolute atomic E-state index is 12.8. The van der Waals surface area contributed by atoms with Gasteiger partial charge in [-0.1, -0.05) is 54.6 Å². The smallest absolute Gasteiger partial charge is 0.292 e. The first kappa shape index (κ1) is 26.7. The van der Waals surface area contributed by atoms with Crippen LogP contribution in [-0.4, -0.2) is 59.7 Å². The Morgan fingerprint density at radius 2 is 1.86 bits per heavy atom. The maximum Gasteiger partial charge on any atom is 0.292 e. The highest BCUT2D eigenvalue weighted by Crippen LogP contribution is 2.21. The Kier molecular flexibility index (Phi) is 9.44. The third-order valence-corrected chi connectivity index (χ3v) is 5.60. The van der Waals surface area contributed by atoms with Crippen LogP contribution in [0.15, 0.2) is 67.4 Å². The molecule has 0 bridgehead atoms. The van der Waals surface area contributed by atoms with Crippen molar-refractivity contribution in [2.24, 2.45) is 0 Å². The minimum Gasteiger partial charge on any atom is -0.348 e. The van der Waals surface area contributed by atoms with E-state index >= 15 is 0 Å². The molecule has 1 aromatic heterocycles. The van der Waals surface area contributed by atoms with Crippen LogP contribution in [0.4, 0.5) is 5.69 Å². The van der Waals surface area contributed by atoms with Gasteiger partial charge in [0, 0.05) is 43.4 Å². The summed E-state index contributed by atoms with van der Waals surface area (Å²) in [7, 11) is 3.78. The standard InChI is InChI=1S/C27H28ClN5O3/c1-4-25(34)31-20-10-7-8-18(14-20)15-24-30-17-22(28)23(32-24)16-19-9-5-6-11-21(19)26(35)27(36)29-12-13-33(2)3/h4-11,14,17H,1,12-13,15-16H2,2-3H3,(H,29,36)(H,31,34). The summed E-state index contributed by atoms with van der Waals surface area (Å²) in [6, 6.07) is 14.3. The van der Waals surface area contributed by atoms with Gasteiger partial charge in [-0.2, -0.15) is 0 Å². The molecular weight excluding hydrogens is 478 g/mol. The van der Waals surface area contributed by atoms with Crippen LogP contribution in [0.3, 0.4) is 0 Å². The molecule has 186 valence electrons. The van der Waals surface area contributed by atoms with Crippen LogP contribution in [0.2, 0.25) is 5.02 Å². The van der Waals surface area contributed by atoms with Gasteiger partial charge in [-0.15, -0.1) is 0 Å². The van der Waals surface area contributed by atoms with Crippen molar-refractivity contribution in [2.75, 3.05) is 32.5 Å². The van der Waals surface area contributed by atoms with Crippen LogP contribution in [0.5, 0.6) is 0 Å². The van der Waals surface area contributed by atoms with Crippen LogP contribution >= 0.6 is 11.6 Å². The molecule has 0 saturated carbocycles. The van der Waals surface area contributed by atoms with E-state index in [2.05, 4.69) is 27.2 Å². The Balaban J connectivity index is 1.77. The lowest BCUT2D eigenvalue weighted by atomic mass is 9.99. The first-order valence-electron chi connectivity index (χ1n) is 11.3. The number of carbonyl (C=O) groups is 3. The summed E-state index contributed by atoms with van der Waals surface area (Å²) in [4.78, 5) is 47.7. The van der Waals surface area contributed by atoms with E-state index in [0.29, 0.717) is 52.9 Å². The van der Waals surface area contributed by atoms with Gasteiger partial charge < -0.3 is 15.5 Å². The van der Waals surface area contributed by atoms with E-state index < -0.39 is 11.7 Å². The zero-order valence-electron chi connectivity index (χ0n) is 20.3. The fourth-order valence-electron chi connectivity index (χ4n) is 3.46. The molecule has 0 unspecified atom stereocenters. The molecule has 3 rings (SSSR count). The number of halogens is 1. The predicted octanol–water partition coefficient (Wildman–Crippen LogP) is 3.30. The van der Waals surface area contributed by atoms with Crippen molar-refractivity contribution >= 4 is 34.9 Å². The fraction of sp³-hybridized carbons (Fsp3) is 0.222. The number of hydrogen-bond acceptors (Lipinski definition) is 6. The zero-order valence-corrected chi connectivity index (χ0v) is 21.0. The summed E-state index contributed by atoms with van der Waals surface area (Å²) in [6.45, 7) is 4.46. The number of nitrogens with zero attached hydrogens (tertiary/aromatic N) is 3. The lowest BCUT2D eigenvalue weighted by Crippen LogP contribution is -2.36. The third kappa shape index (κ3) is 7.56. The summed E-state index contributed by atoms with van der Waals surface area (Å²) >= 11 is 6.39. The second-order valence-electron chi connectivity index (χ2n) is 8.37. The highest BCUT2D eigenvalue weighted by atomic mass is 35.5. The van der Waals surface area contributed by atoms with Crippen LogP contribution < -0.4 is 10.6 Å². The van der Waals surface area contributed by atoms with Crippen molar-refractivity contribution in [3.8, 4) is 0 Å². The Labute approximate surface area is 215 Å². The highest BCUT2D eigenvalue weighted by Gasteiger charge is 2.20. The third-order valence-electron chi connectivity index (χ3n) is 5.28. The molecule has 0 aliphatic rings. The van der Waals surface area contributed by atoms with Crippen molar-refractivity contribution in [1.82, 2.24) is 20.2 Å². The lowest BCUT2D eigenvalue weighted by Gasteiger charge is -2.12. The van der Waals surface area contributed by atoms with Gasteiger partial charge in [0.25, 0.3) is 5.91 Å². The maximum atomic E-state index is 12.8. The van der Waals surface area contributed by atoms with Gasteiger partial charge in [0.15, 0.2) is 0 Å². The number of hydrogen-bond donors (Lipinski definition) is 2. The van der Waals surface area contributed by atoms with Crippen molar-refractivity contribution in [2.45, 2.75) is 12.8 Å². The van der Waals surface area contributed by atoms with E-state index in [1.165, 1.54) is 12.3 Å². The van der Waals surface area contributed by atoms with Crippen molar-refractivity contribution in [1.29, 1.82) is 0 Å². The first-order valence-corrected chi connectivity index (χ1v) is 11.7. The fourth-order valence-corrected chi connectivity index (χ4v) is 3.62. The van der Waals surface area contributed by atoms with Crippen molar-refractivity contribution in [3.05, 3.63) is 101 Å². The van der Waals surface area contributed by atoms with E-state index in [9.17, 15) is 14.4 Å². The topological polar surface area (TPSA) is 104 Å². The monoisotopic (exact) mass is 505 g/mol. The van der Waals surface area contributed by atoms with Crippen LogP contribution in [0, 0.1) is 0 Å². The molecule has 0 saturated heterocycles. The van der Waals surface area contributed by atoms with Crippen LogP contribution in [0.25, 0.3) is 0 Å². The minimum absolute atomic E-state index is 0.261. The molecule has 0 atom stereocenters. The van der Waals surface area contributed by atoms with E-state index in [1.54, 1.807) is 30.3 Å². The molecule has 2 amide bonds. The van der Waals surface area contributed by atoms with Gasteiger partial charge in [-0.05, 0) is 43.4 Å². The minimum atomic E-state index is -0.651. The van der Waals surface area contributed by atoms with E-state index in [-0.39, 0.29) is 12.3 Å². The Bertz CT molecular complexity index is 1280. The molecular formula is C27H28ClN5O3. The number of anilines is 1. The Morgan fingerprint density at radius 3 is 2.61 bits per heavy atom. The molecule has 1 heterocycles. The molecule has 0 aliphatic carbocycles. The van der Waals surface area contributed by atoms with Gasteiger partial charge in [0.05, 0.1) is 10.7 Å². The number of ketones is 1. The summed E-state index contributed by atoms with van der Waals surface area (Å²) in [5, 5.41) is 5.75. The molecule has 3 aromatic rings. The van der Waals surface area contributed by atoms with Gasteiger partial charge in [0.1, 0.15) is 5.82 Å². The number of Topliss-reactive ketones (excluding diaryl/α,β-unsaturated/α-hetero) is 1. The molecule has 0 fully saturated rings. The largest absolute Gasteiger partial charge is 0.348 e. The van der Waals surface area contributed by atoms with Crippen LogP contribution in [0.1, 0.15) is 33.0 Å². The SMILES string of the molecule is C=CC(=O)Nc1cccc(Cc2ncc(Cl)c(Cc3ccccc3C(=O)C(=O)NCCN(C)C)n2)c1. The zero-order chi connectivity index (χ0) is 26.1. The number of carbonyl (C=O) groups excluding carboxylic acids is 3. The van der Waals surface area contributed by atoms with Gasteiger partial charge >= 0.3 is 0 Å². The average Bonchev–Trinajstić information content (AvgIpc) is 2.86. The molecule has 2 N–H and O–H groups in total. The van der Waals surface area contributed by atoms with Crippen molar-refractivity contribution < 1.29 is 14.4 Å². The summed E-state index contributed by atoms with van der Waals surface area (Å²) in [5.74, 6) is -1.01. The summed E-state index contributed by atoms with van der Waals surface area (Å²) < 4.78 is 0. The van der Waals surface area contributed by atoms with Gasteiger partial charge in [-0.3, -0.25) is 14.4 Å². The van der Waals surface area contributed by atoms with Gasteiger partial charge in [-0.25, -0.2) is 9.97 Å². The average molecular weight is 506 g/mol. The second kappa shape index (κ2) is 12.7. The summed E-state index contributed by atoms with van der Waals surface area (Å²) in [5.41, 5.74) is 3.04. The highest BCUT2D eigenvalue weighted by molar-refractivity contribution is 6.43. The predicted molar refractivity (Wildman–Crippen MR) is 140 cm³/mol. The first-order chi connectivity index (χ1) is 17.3. The number of benzene rings is 2. The number of aromatic nitrogens is 2. The molecule has 0 radical (unpaired) electrons. The number of rotatable bonds is 11. The Morgan fingerprint density at radius 1 is 1.08 bits per heavy atom. The second-order valence-corrected chi connectivity index (χ2v) is 8.78. The molecule has 8 nitrogen and oxygen atoms in total. The number of nitrogens with one attached hydrogen (secondary N) is 2. The van der Waals surface area contributed by atoms with Crippen LogP contribution in [-0.2, 0) is 22.4 Å². The quantitative estimate of drug-likeness (QED) is 0.235. The number of amides is 2. The van der Waals surface area contributed by atoms with E-state index in [1.807, 2.05) is 37.2 Å². The lowest BCUT2D eigenvalue weighted by molar-refractivity contribution is -0.117. The van der Waals surface area contributed by atoms with Gasteiger partial charge in [0.2, 0.25) is 11.7 Å². The van der Waals surface area contributed by atoms with E-state index in [0.717, 1.165) is 5.56 Å². The molecule has 2 aromatic carbocycles. The summed E-state index contributed by atoms with van der Waals surface area (Å²) in [6.07, 6.45) is 3.41. The van der Waals surface area contributed by atoms with Crippen molar-refractivity contribution in [3.63, 3.8) is 0 Å².